The van der Waals surface area contributed by atoms with Crippen molar-refractivity contribution in [2.45, 2.75) is 64.6 Å². The number of nitrogens with zero attached hydrogens (tertiary/aromatic N) is 1. The van der Waals surface area contributed by atoms with Crippen molar-refractivity contribution in [3.8, 4) is 0 Å². The Balaban J connectivity index is 1.54. The van der Waals surface area contributed by atoms with E-state index in [1.54, 1.807) is 33.0 Å². The van der Waals surface area contributed by atoms with Gasteiger partial charge in [-0.05, 0) is 77.5 Å². The standard InChI is InChI=1S/C21H25N/c1-14-2-10-19(11-3-14)22-12-17-8-6-15-4-5-16-7-9-18(13-22)21(17)20(15)16/h6-9,14,19H,2-5,10-13H2,1H3. The van der Waals surface area contributed by atoms with E-state index in [0.717, 1.165) is 12.0 Å². The van der Waals surface area contributed by atoms with Crippen LogP contribution >= 0.6 is 0 Å². The Labute approximate surface area is 133 Å². The number of benzene rings is 2. The molecular formula is C21H25N. The van der Waals surface area contributed by atoms with Crippen LogP contribution in [0.3, 0.4) is 0 Å². The molecule has 0 bridgehead atoms. The number of rotatable bonds is 1. The van der Waals surface area contributed by atoms with Crippen molar-refractivity contribution >= 4 is 10.8 Å². The minimum atomic E-state index is 0.809. The van der Waals surface area contributed by atoms with Gasteiger partial charge >= 0.3 is 0 Å². The van der Waals surface area contributed by atoms with E-state index in [4.69, 9.17) is 0 Å². The van der Waals surface area contributed by atoms with Gasteiger partial charge in [-0.15, -0.1) is 0 Å². The fraction of sp³-hybridized carbons (Fsp3) is 0.524. The molecule has 0 atom stereocenters. The van der Waals surface area contributed by atoms with E-state index in [-0.39, 0.29) is 0 Å². The van der Waals surface area contributed by atoms with Gasteiger partial charge < -0.3 is 0 Å². The van der Waals surface area contributed by atoms with E-state index in [1.807, 2.05) is 0 Å². The molecule has 1 saturated carbocycles. The van der Waals surface area contributed by atoms with Gasteiger partial charge in [0.2, 0.25) is 0 Å². The molecule has 0 N–H and O–H groups in total. The van der Waals surface area contributed by atoms with Gasteiger partial charge in [-0.1, -0.05) is 31.2 Å². The lowest BCUT2D eigenvalue weighted by Crippen LogP contribution is -2.38. The summed E-state index contributed by atoms with van der Waals surface area (Å²) in [4.78, 5) is 2.76. The fourth-order valence-electron chi connectivity index (χ4n) is 5.10. The maximum absolute atomic E-state index is 2.76. The van der Waals surface area contributed by atoms with Gasteiger partial charge in [0.05, 0.1) is 0 Å². The average Bonchev–Trinajstić information content (AvgIpc) is 2.98. The Hall–Kier alpha value is -1.34. The van der Waals surface area contributed by atoms with Gasteiger partial charge in [-0.25, -0.2) is 0 Å². The molecule has 0 saturated heterocycles. The summed E-state index contributed by atoms with van der Waals surface area (Å²) in [6.07, 6.45) is 8.13. The predicted molar refractivity (Wildman–Crippen MR) is 92.0 cm³/mol. The van der Waals surface area contributed by atoms with Crippen molar-refractivity contribution in [2.24, 2.45) is 5.92 Å². The molecule has 2 aromatic rings. The van der Waals surface area contributed by atoms with Crippen molar-refractivity contribution in [2.75, 3.05) is 0 Å². The second-order valence-corrected chi connectivity index (χ2v) is 7.84. The lowest BCUT2D eigenvalue weighted by Gasteiger charge is -2.39. The molecule has 1 heteroatoms. The summed E-state index contributed by atoms with van der Waals surface area (Å²) in [7, 11) is 0. The SMILES string of the molecule is CC1CCC(N2Cc3ccc4c5c(ccc(c35)C2)CC4)CC1. The summed E-state index contributed by atoms with van der Waals surface area (Å²) >= 11 is 0. The molecule has 2 aromatic carbocycles. The highest BCUT2D eigenvalue weighted by Gasteiger charge is 2.29. The summed E-state index contributed by atoms with van der Waals surface area (Å²) in [5.74, 6) is 0.941. The van der Waals surface area contributed by atoms with Gasteiger partial charge in [0.15, 0.2) is 0 Å². The van der Waals surface area contributed by atoms with E-state index >= 15 is 0 Å². The molecule has 114 valence electrons. The molecule has 0 radical (unpaired) electrons. The molecule has 1 heterocycles. The normalized spacial score (nSPS) is 27.5. The minimum absolute atomic E-state index is 0.809. The third-order valence-corrected chi connectivity index (χ3v) is 6.42. The van der Waals surface area contributed by atoms with Crippen molar-refractivity contribution in [1.82, 2.24) is 4.90 Å². The van der Waals surface area contributed by atoms with Gasteiger partial charge in [-0.2, -0.15) is 0 Å². The molecule has 3 aliphatic rings. The topological polar surface area (TPSA) is 3.24 Å². The maximum atomic E-state index is 2.76. The fourth-order valence-corrected chi connectivity index (χ4v) is 5.10. The Morgan fingerprint density at radius 3 is 1.82 bits per heavy atom. The highest BCUT2D eigenvalue weighted by Crippen LogP contribution is 2.40. The Bertz CT molecular complexity index is 688. The molecule has 0 amide bonds. The molecule has 5 rings (SSSR count). The lowest BCUT2D eigenvalue weighted by atomic mass is 9.84. The highest BCUT2D eigenvalue weighted by atomic mass is 15.2. The van der Waals surface area contributed by atoms with Crippen LogP contribution in [0.5, 0.6) is 0 Å². The van der Waals surface area contributed by atoms with Crippen molar-refractivity contribution in [3.05, 3.63) is 46.5 Å². The summed E-state index contributed by atoms with van der Waals surface area (Å²) in [5, 5.41) is 3.24. The molecule has 22 heavy (non-hydrogen) atoms. The van der Waals surface area contributed by atoms with Gasteiger partial charge in [0, 0.05) is 19.1 Å². The second kappa shape index (κ2) is 4.83. The zero-order chi connectivity index (χ0) is 14.7. The van der Waals surface area contributed by atoms with E-state index in [1.165, 1.54) is 51.6 Å². The number of hydrogen-bond acceptors (Lipinski definition) is 1. The van der Waals surface area contributed by atoms with Crippen LogP contribution in [0.1, 0.15) is 54.9 Å². The monoisotopic (exact) mass is 291 g/mol. The van der Waals surface area contributed by atoms with E-state index in [0.29, 0.717) is 0 Å². The summed E-state index contributed by atoms with van der Waals surface area (Å²) in [6.45, 7) is 4.76. The smallest absolute Gasteiger partial charge is 0.0246 e. The van der Waals surface area contributed by atoms with Gasteiger partial charge in [0.25, 0.3) is 0 Å². The molecule has 0 unspecified atom stereocenters. The van der Waals surface area contributed by atoms with E-state index < -0.39 is 0 Å². The molecule has 2 aliphatic carbocycles. The van der Waals surface area contributed by atoms with E-state index in [9.17, 15) is 0 Å². The van der Waals surface area contributed by atoms with Crippen molar-refractivity contribution < 1.29 is 0 Å². The summed E-state index contributed by atoms with van der Waals surface area (Å²) in [5.41, 5.74) is 6.36. The molecule has 1 fully saturated rings. The molecule has 0 spiro atoms. The molecule has 1 nitrogen and oxygen atoms in total. The first-order valence-electron chi connectivity index (χ1n) is 9.09. The number of hydrogen-bond donors (Lipinski definition) is 0. The zero-order valence-electron chi connectivity index (χ0n) is 13.6. The Kier molecular flexibility index (Phi) is 2.88. The first-order valence-corrected chi connectivity index (χ1v) is 9.09. The van der Waals surface area contributed by atoms with Crippen LogP contribution in [0, 0.1) is 5.92 Å². The predicted octanol–water partition coefficient (Wildman–Crippen LogP) is 4.83. The minimum Gasteiger partial charge on any atom is -0.292 e. The van der Waals surface area contributed by atoms with Crippen LogP contribution in [0.25, 0.3) is 10.8 Å². The van der Waals surface area contributed by atoms with E-state index in [2.05, 4.69) is 36.1 Å². The number of aryl methyl sites for hydroxylation is 2. The lowest BCUT2D eigenvalue weighted by molar-refractivity contribution is 0.123. The second-order valence-electron chi connectivity index (χ2n) is 7.84. The molecular weight excluding hydrogens is 266 g/mol. The van der Waals surface area contributed by atoms with Gasteiger partial charge in [-0.3, -0.25) is 4.90 Å². The maximum Gasteiger partial charge on any atom is 0.0246 e. The third kappa shape index (κ3) is 1.88. The Morgan fingerprint density at radius 1 is 0.727 bits per heavy atom. The van der Waals surface area contributed by atoms with Crippen molar-refractivity contribution in [1.29, 1.82) is 0 Å². The van der Waals surface area contributed by atoms with Crippen LogP contribution in [-0.2, 0) is 25.9 Å². The van der Waals surface area contributed by atoms with Gasteiger partial charge in [0.1, 0.15) is 0 Å². The Morgan fingerprint density at radius 2 is 1.23 bits per heavy atom. The summed E-state index contributed by atoms with van der Waals surface area (Å²) < 4.78 is 0. The van der Waals surface area contributed by atoms with Crippen LogP contribution < -0.4 is 0 Å². The third-order valence-electron chi connectivity index (χ3n) is 6.42. The quantitative estimate of drug-likeness (QED) is 0.727. The zero-order valence-corrected chi connectivity index (χ0v) is 13.6. The van der Waals surface area contributed by atoms with Crippen LogP contribution in [-0.4, -0.2) is 10.9 Å². The summed E-state index contributed by atoms with van der Waals surface area (Å²) in [6, 6.07) is 10.5. The first-order chi connectivity index (χ1) is 10.8. The largest absolute Gasteiger partial charge is 0.292 e. The molecule has 1 aliphatic heterocycles. The van der Waals surface area contributed by atoms with Crippen LogP contribution in [0.15, 0.2) is 24.3 Å². The molecule has 0 aromatic heterocycles. The average molecular weight is 291 g/mol. The highest BCUT2D eigenvalue weighted by molar-refractivity contribution is 5.96. The van der Waals surface area contributed by atoms with Crippen LogP contribution in [0.2, 0.25) is 0 Å². The first kappa shape index (κ1) is 13.1. The van der Waals surface area contributed by atoms with Crippen molar-refractivity contribution in [3.63, 3.8) is 0 Å². The van der Waals surface area contributed by atoms with Crippen LogP contribution in [0.4, 0.5) is 0 Å².